The van der Waals surface area contributed by atoms with Crippen LogP contribution in [0.15, 0.2) is 42.6 Å². The molecule has 1 N–H and O–H groups in total. The summed E-state index contributed by atoms with van der Waals surface area (Å²) in [5.74, 6) is 0.294. The Morgan fingerprint density at radius 2 is 1.95 bits per heavy atom. The first kappa shape index (κ1) is 15.2. The van der Waals surface area contributed by atoms with E-state index in [1.807, 2.05) is 31.2 Å². The van der Waals surface area contributed by atoms with E-state index in [4.69, 9.17) is 11.6 Å². The van der Waals surface area contributed by atoms with E-state index in [9.17, 15) is 9.59 Å². The van der Waals surface area contributed by atoms with Gasteiger partial charge in [0.15, 0.2) is 0 Å². The third-order valence-corrected chi connectivity index (χ3v) is 3.36. The predicted molar refractivity (Wildman–Crippen MR) is 82.6 cm³/mol. The number of aryl methyl sites for hydroxylation is 2. The fourth-order valence-electron chi connectivity index (χ4n) is 1.93. The molecule has 1 aromatic carbocycles. The van der Waals surface area contributed by atoms with Crippen molar-refractivity contribution in [3.8, 4) is 0 Å². The number of hydrogen-bond acceptors (Lipinski definition) is 3. The standard InChI is InChI=1S/C16H15ClN2O2/c1-11-4-2-3-5-12(11)7-9-15(20)19-14-8-6-13(10-18-14)16(17)21/h2-6,8,10H,7,9H2,1H3,(H,18,19,20). The second-order valence-electron chi connectivity index (χ2n) is 4.68. The Morgan fingerprint density at radius 3 is 2.57 bits per heavy atom. The van der Waals surface area contributed by atoms with Crippen LogP contribution < -0.4 is 5.32 Å². The molecule has 0 saturated heterocycles. The number of aromatic nitrogens is 1. The lowest BCUT2D eigenvalue weighted by Crippen LogP contribution is -2.13. The minimum Gasteiger partial charge on any atom is -0.311 e. The van der Waals surface area contributed by atoms with E-state index in [2.05, 4.69) is 10.3 Å². The maximum atomic E-state index is 11.9. The van der Waals surface area contributed by atoms with Crippen molar-refractivity contribution in [2.24, 2.45) is 0 Å². The Morgan fingerprint density at radius 1 is 1.19 bits per heavy atom. The lowest BCUT2D eigenvalue weighted by atomic mass is 10.0. The van der Waals surface area contributed by atoms with Crippen LogP contribution in [0, 0.1) is 6.92 Å². The summed E-state index contributed by atoms with van der Waals surface area (Å²) in [6, 6.07) is 11.1. The fraction of sp³-hybridized carbons (Fsp3) is 0.188. The fourth-order valence-corrected chi connectivity index (χ4v) is 2.04. The van der Waals surface area contributed by atoms with Crippen LogP contribution in [0.1, 0.15) is 27.9 Å². The molecule has 2 rings (SSSR count). The zero-order valence-corrected chi connectivity index (χ0v) is 12.4. The molecule has 0 atom stereocenters. The average molecular weight is 303 g/mol. The number of pyridine rings is 1. The molecule has 0 aliphatic heterocycles. The normalized spacial score (nSPS) is 10.2. The number of nitrogens with zero attached hydrogens (tertiary/aromatic N) is 1. The lowest BCUT2D eigenvalue weighted by molar-refractivity contribution is -0.116. The van der Waals surface area contributed by atoms with E-state index in [1.165, 1.54) is 17.8 Å². The van der Waals surface area contributed by atoms with Crippen LogP contribution in [0.25, 0.3) is 0 Å². The Hall–Kier alpha value is -2.20. The molecule has 0 fully saturated rings. The number of anilines is 1. The number of carbonyl (C=O) groups excluding carboxylic acids is 2. The number of amides is 1. The smallest absolute Gasteiger partial charge is 0.253 e. The van der Waals surface area contributed by atoms with Crippen LogP contribution in [-0.2, 0) is 11.2 Å². The van der Waals surface area contributed by atoms with Gasteiger partial charge in [0.2, 0.25) is 5.91 Å². The third kappa shape index (κ3) is 4.39. The number of rotatable bonds is 5. The van der Waals surface area contributed by atoms with Crippen LogP contribution in [0.4, 0.5) is 5.82 Å². The Bertz CT molecular complexity index is 654. The van der Waals surface area contributed by atoms with Gasteiger partial charge in [-0.2, -0.15) is 0 Å². The van der Waals surface area contributed by atoms with Crippen molar-refractivity contribution in [3.63, 3.8) is 0 Å². The highest BCUT2D eigenvalue weighted by atomic mass is 35.5. The molecule has 1 aromatic heterocycles. The van der Waals surface area contributed by atoms with Gasteiger partial charge in [0.25, 0.3) is 5.24 Å². The van der Waals surface area contributed by atoms with Gasteiger partial charge >= 0.3 is 0 Å². The van der Waals surface area contributed by atoms with Crippen LogP contribution in [-0.4, -0.2) is 16.1 Å². The van der Waals surface area contributed by atoms with Gasteiger partial charge < -0.3 is 5.32 Å². The molecule has 0 unspecified atom stereocenters. The highest BCUT2D eigenvalue weighted by Crippen LogP contribution is 2.11. The van der Waals surface area contributed by atoms with Crippen LogP contribution >= 0.6 is 11.6 Å². The van der Waals surface area contributed by atoms with Crippen LogP contribution in [0.2, 0.25) is 0 Å². The van der Waals surface area contributed by atoms with Crippen molar-refractivity contribution in [3.05, 3.63) is 59.3 Å². The van der Waals surface area contributed by atoms with E-state index >= 15 is 0 Å². The maximum Gasteiger partial charge on any atom is 0.253 e. The van der Waals surface area contributed by atoms with Gasteiger partial charge in [-0.25, -0.2) is 4.98 Å². The minimum atomic E-state index is -0.570. The molecule has 0 aliphatic rings. The van der Waals surface area contributed by atoms with Crippen molar-refractivity contribution in [1.29, 1.82) is 0 Å². The Labute approximate surface area is 128 Å². The number of halogens is 1. The van der Waals surface area contributed by atoms with Crippen molar-refractivity contribution in [2.75, 3.05) is 5.32 Å². The summed E-state index contributed by atoms with van der Waals surface area (Å²) in [5.41, 5.74) is 2.63. The monoisotopic (exact) mass is 302 g/mol. The highest BCUT2D eigenvalue weighted by Gasteiger charge is 2.07. The van der Waals surface area contributed by atoms with Crippen molar-refractivity contribution >= 4 is 28.6 Å². The van der Waals surface area contributed by atoms with Crippen LogP contribution in [0.3, 0.4) is 0 Å². The molecule has 5 heteroatoms. The molecule has 21 heavy (non-hydrogen) atoms. The third-order valence-electron chi connectivity index (χ3n) is 3.14. The zero-order valence-electron chi connectivity index (χ0n) is 11.6. The molecular weight excluding hydrogens is 288 g/mol. The van der Waals surface area contributed by atoms with E-state index in [0.29, 0.717) is 24.2 Å². The number of nitrogens with one attached hydrogen (secondary N) is 1. The highest BCUT2D eigenvalue weighted by molar-refractivity contribution is 6.67. The molecule has 0 aliphatic carbocycles. The van der Waals surface area contributed by atoms with Gasteiger partial charge in [0, 0.05) is 12.6 Å². The minimum absolute atomic E-state index is 0.115. The summed E-state index contributed by atoms with van der Waals surface area (Å²) in [4.78, 5) is 26.8. The quantitative estimate of drug-likeness (QED) is 0.862. The summed E-state index contributed by atoms with van der Waals surface area (Å²) in [6.45, 7) is 2.02. The van der Waals surface area contributed by atoms with Gasteiger partial charge in [-0.1, -0.05) is 24.3 Å². The molecule has 108 valence electrons. The molecule has 0 bridgehead atoms. The molecular formula is C16H15ClN2O2. The van der Waals surface area contributed by atoms with Gasteiger partial charge in [0.05, 0.1) is 5.56 Å². The Balaban J connectivity index is 1.90. The van der Waals surface area contributed by atoms with Gasteiger partial charge in [-0.3, -0.25) is 9.59 Å². The lowest BCUT2D eigenvalue weighted by Gasteiger charge is -2.06. The van der Waals surface area contributed by atoms with E-state index in [1.54, 1.807) is 6.07 Å². The Kier molecular flexibility index (Phi) is 5.06. The van der Waals surface area contributed by atoms with E-state index in [0.717, 1.165) is 5.56 Å². The maximum absolute atomic E-state index is 11.9. The second kappa shape index (κ2) is 6.99. The predicted octanol–water partition coefficient (Wildman–Crippen LogP) is 3.34. The van der Waals surface area contributed by atoms with E-state index < -0.39 is 5.24 Å². The van der Waals surface area contributed by atoms with Crippen molar-refractivity contribution in [1.82, 2.24) is 4.98 Å². The first-order valence-electron chi connectivity index (χ1n) is 6.56. The van der Waals surface area contributed by atoms with Gasteiger partial charge in [-0.15, -0.1) is 0 Å². The second-order valence-corrected chi connectivity index (χ2v) is 5.02. The molecule has 1 amide bonds. The van der Waals surface area contributed by atoms with Crippen molar-refractivity contribution in [2.45, 2.75) is 19.8 Å². The number of carbonyl (C=O) groups is 2. The number of hydrogen-bond donors (Lipinski definition) is 1. The summed E-state index contributed by atoms with van der Waals surface area (Å²) in [6.07, 6.45) is 2.39. The molecule has 0 radical (unpaired) electrons. The topological polar surface area (TPSA) is 59.1 Å². The van der Waals surface area contributed by atoms with E-state index in [-0.39, 0.29) is 5.91 Å². The first-order valence-corrected chi connectivity index (χ1v) is 6.94. The van der Waals surface area contributed by atoms with Gasteiger partial charge in [0.1, 0.15) is 5.82 Å². The molecule has 0 saturated carbocycles. The summed E-state index contributed by atoms with van der Waals surface area (Å²) < 4.78 is 0. The number of benzene rings is 1. The molecule has 4 nitrogen and oxygen atoms in total. The summed E-state index contributed by atoms with van der Waals surface area (Å²) in [7, 11) is 0. The molecule has 1 heterocycles. The molecule has 2 aromatic rings. The zero-order chi connectivity index (χ0) is 15.2. The SMILES string of the molecule is Cc1ccccc1CCC(=O)Nc1ccc(C(=O)Cl)cn1. The molecule has 0 spiro atoms. The van der Waals surface area contributed by atoms with Crippen LogP contribution in [0.5, 0.6) is 0 Å². The van der Waals surface area contributed by atoms with Crippen molar-refractivity contribution < 1.29 is 9.59 Å². The summed E-state index contributed by atoms with van der Waals surface area (Å²) >= 11 is 5.33. The largest absolute Gasteiger partial charge is 0.311 e. The summed E-state index contributed by atoms with van der Waals surface area (Å²) in [5, 5.41) is 2.12. The van der Waals surface area contributed by atoms with Gasteiger partial charge in [-0.05, 0) is 48.2 Å². The first-order chi connectivity index (χ1) is 10.1. The average Bonchev–Trinajstić information content (AvgIpc) is 2.47.